The van der Waals surface area contributed by atoms with Gasteiger partial charge in [-0.05, 0) is 44.4 Å². The summed E-state index contributed by atoms with van der Waals surface area (Å²) < 4.78 is 43.8. The van der Waals surface area contributed by atoms with Gasteiger partial charge in [0.2, 0.25) is 0 Å². The predicted molar refractivity (Wildman–Crippen MR) is 59.6 cm³/mol. The average molecular weight is 261 g/mol. The molecule has 2 rings (SSSR count). The van der Waals surface area contributed by atoms with Gasteiger partial charge in [0.25, 0.3) is 0 Å². The lowest BCUT2D eigenvalue weighted by Crippen LogP contribution is -2.38. The summed E-state index contributed by atoms with van der Waals surface area (Å²) in [6, 6.07) is 2.07. The van der Waals surface area contributed by atoms with Crippen molar-refractivity contribution < 1.29 is 17.9 Å². The zero-order chi connectivity index (χ0) is 13.2. The first-order valence-electron chi connectivity index (χ1n) is 6.62. The number of hydrogen-bond donors (Lipinski definition) is 0. The molecule has 2 nitrogen and oxygen atoms in total. The summed E-state index contributed by atoms with van der Waals surface area (Å²) in [7, 11) is 0. The van der Waals surface area contributed by atoms with Crippen molar-refractivity contribution in [3.05, 3.63) is 0 Å². The third-order valence-electron chi connectivity index (χ3n) is 4.14. The van der Waals surface area contributed by atoms with Gasteiger partial charge in [0, 0.05) is 0 Å². The minimum absolute atomic E-state index is 0.0264. The van der Waals surface area contributed by atoms with Crippen LogP contribution in [0.15, 0.2) is 0 Å². The van der Waals surface area contributed by atoms with Crippen LogP contribution in [0.5, 0.6) is 0 Å². The van der Waals surface area contributed by atoms with Gasteiger partial charge in [0.1, 0.15) is 6.10 Å². The van der Waals surface area contributed by atoms with Crippen LogP contribution < -0.4 is 0 Å². The van der Waals surface area contributed by atoms with Crippen LogP contribution in [0.4, 0.5) is 13.2 Å². The van der Waals surface area contributed by atoms with Gasteiger partial charge in [-0.25, -0.2) is 0 Å². The lowest BCUT2D eigenvalue weighted by Gasteiger charge is -2.38. The largest absolute Gasteiger partial charge is 0.391 e. The fraction of sp³-hybridized carbons (Fsp3) is 0.923. The predicted octanol–water partition coefficient (Wildman–Crippen LogP) is 3.82. The lowest BCUT2D eigenvalue weighted by molar-refractivity contribution is -0.192. The van der Waals surface area contributed by atoms with Crippen molar-refractivity contribution >= 4 is 0 Å². The van der Waals surface area contributed by atoms with Crippen molar-refractivity contribution in [2.45, 2.75) is 63.3 Å². The van der Waals surface area contributed by atoms with Crippen LogP contribution in [0.2, 0.25) is 0 Å². The smallest absolute Gasteiger partial charge is 0.360 e. The molecular weight excluding hydrogens is 243 g/mol. The van der Waals surface area contributed by atoms with Crippen molar-refractivity contribution in [1.82, 2.24) is 0 Å². The van der Waals surface area contributed by atoms with E-state index in [0.29, 0.717) is 12.8 Å². The average Bonchev–Trinajstić information content (AvgIpc) is 2.38. The Labute approximate surface area is 105 Å². The topological polar surface area (TPSA) is 33.0 Å². The molecule has 0 aromatic carbocycles. The number of nitrogens with zero attached hydrogens (tertiary/aromatic N) is 1. The molecule has 2 aliphatic rings. The van der Waals surface area contributed by atoms with Crippen molar-refractivity contribution in [2.75, 3.05) is 0 Å². The van der Waals surface area contributed by atoms with E-state index in [9.17, 15) is 13.2 Å². The fourth-order valence-electron chi connectivity index (χ4n) is 3.16. The van der Waals surface area contributed by atoms with Crippen LogP contribution in [0.3, 0.4) is 0 Å². The molecule has 0 N–H and O–H groups in total. The van der Waals surface area contributed by atoms with Gasteiger partial charge < -0.3 is 4.74 Å². The Morgan fingerprint density at radius 2 is 1.78 bits per heavy atom. The number of ether oxygens (including phenoxy) is 1. The molecule has 5 heteroatoms. The first kappa shape index (κ1) is 13.7. The Morgan fingerprint density at radius 3 is 2.44 bits per heavy atom. The molecule has 1 aliphatic heterocycles. The highest BCUT2D eigenvalue weighted by Crippen LogP contribution is 2.43. The summed E-state index contributed by atoms with van der Waals surface area (Å²) in [4.78, 5) is 0. The zero-order valence-electron chi connectivity index (χ0n) is 10.2. The van der Waals surface area contributed by atoms with E-state index in [1.54, 1.807) is 0 Å². The molecule has 0 aromatic heterocycles. The molecule has 1 unspecified atom stereocenters. The second-order valence-electron chi connectivity index (χ2n) is 5.39. The summed E-state index contributed by atoms with van der Waals surface area (Å²) in [5, 5.41) is 8.83. The molecule has 0 aromatic rings. The minimum Gasteiger partial charge on any atom is -0.360 e. The van der Waals surface area contributed by atoms with E-state index in [2.05, 4.69) is 6.07 Å². The first-order valence-corrected chi connectivity index (χ1v) is 6.62. The molecular formula is C13H18F3NO. The van der Waals surface area contributed by atoms with Gasteiger partial charge >= 0.3 is 6.18 Å². The molecule has 0 amide bonds. The molecule has 0 bridgehead atoms. The normalized spacial score (nSPS) is 38.1. The molecule has 1 saturated heterocycles. The third kappa shape index (κ3) is 3.17. The Morgan fingerprint density at radius 1 is 1.06 bits per heavy atom. The van der Waals surface area contributed by atoms with Crippen LogP contribution in [0.1, 0.15) is 44.9 Å². The zero-order valence-corrected chi connectivity index (χ0v) is 10.2. The second-order valence-corrected chi connectivity index (χ2v) is 5.39. The van der Waals surface area contributed by atoms with Gasteiger partial charge in [0.05, 0.1) is 18.1 Å². The Hall–Kier alpha value is -0.760. The van der Waals surface area contributed by atoms with E-state index < -0.39 is 18.2 Å². The van der Waals surface area contributed by atoms with E-state index >= 15 is 0 Å². The highest BCUT2D eigenvalue weighted by atomic mass is 19.4. The SMILES string of the molecule is N#C[C@H]1CCC[C@@H](C2CCC[C@@H](C(F)(F)F)C2)O1. The molecule has 0 spiro atoms. The maximum atomic E-state index is 12.7. The molecule has 2 fully saturated rings. The molecule has 4 atom stereocenters. The minimum atomic E-state index is -4.08. The van der Waals surface area contributed by atoms with E-state index in [1.807, 2.05) is 0 Å². The Bertz CT molecular complexity index is 323. The van der Waals surface area contributed by atoms with Crippen molar-refractivity contribution in [1.29, 1.82) is 5.26 Å². The molecule has 1 aliphatic carbocycles. The highest BCUT2D eigenvalue weighted by Gasteiger charge is 2.44. The van der Waals surface area contributed by atoms with Crippen molar-refractivity contribution in [2.24, 2.45) is 11.8 Å². The van der Waals surface area contributed by atoms with Crippen LogP contribution in [-0.2, 0) is 4.74 Å². The first-order chi connectivity index (χ1) is 8.50. The number of hydrogen-bond acceptors (Lipinski definition) is 2. The molecule has 1 saturated carbocycles. The van der Waals surface area contributed by atoms with Crippen molar-refractivity contribution in [3.63, 3.8) is 0 Å². The summed E-state index contributed by atoms with van der Waals surface area (Å²) in [6.45, 7) is 0. The standard InChI is InChI=1S/C13H18F3NO/c14-13(15,16)10-4-1-3-9(7-10)12-6-2-5-11(8-17)18-12/h9-12H,1-7H2/t9?,10-,11-,12+/m1/s1. The Kier molecular flexibility index (Phi) is 4.16. The number of alkyl halides is 3. The summed E-state index contributed by atoms with van der Waals surface area (Å²) in [5.74, 6) is -1.20. The van der Waals surface area contributed by atoms with Crippen molar-refractivity contribution in [3.8, 4) is 6.07 Å². The number of nitriles is 1. The van der Waals surface area contributed by atoms with Crippen LogP contribution in [0, 0.1) is 23.2 Å². The monoisotopic (exact) mass is 261 g/mol. The van der Waals surface area contributed by atoms with Gasteiger partial charge in [-0.15, -0.1) is 0 Å². The number of halogens is 3. The molecule has 1 heterocycles. The van der Waals surface area contributed by atoms with Gasteiger partial charge in [-0.2, -0.15) is 18.4 Å². The van der Waals surface area contributed by atoms with Crippen LogP contribution >= 0.6 is 0 Å². The summed E-state index contributed by atoms with van der Waals surface area (Å²) >= 11 is 0. The van der Waals surface area contributed by atoms with Gasteiger partial charge in [-0.3, -0.25) is 0 Å². The van der Waals surface area contributed by atoms with E-state index in [4.69, 9.17) is 10.00 Å². The van der Waals surface area contributed by atoms with E-state index in [-0.39, 0.29) is 24.9 Å². The number of rotatable bonds is 1. The molecule has 0 radical (unpaired) electrons. The Balaban J connectivity index is 1.94. The van der Waals surface area contributed by atoms with Crippen LogP contribution in [0.25, 0.3) is 0 Å². The quantitative estimate of drug-likeness (QED) is 0.719. The second kappa shape index (κ2) is 5.48. The third-order valence-corrected chi connectivity index (χ3v) is 4.14. The van der Waals surface area contributed by atoms with Crippen LogP contribution in [-0.4, -0.2) is 18.4 Å². The fourth-order valence-corrected chi connectivity index (χ4v) is 3.16. The maximum absolute atomic E-state index is 12.7. The van der Waals surface area contributed by atoms with Gasteiger partial charge in [-0.1, -0.05) is 6.42 Å². The molecule has 18 heavy (non-hydrogen) atoms. The summed E-state index contributed by atoms with van der Waals surface area (Å²) in [5.41, 5.74) is 0. The van der Waals surface area contributed by atoms with Gasteiger partial charge in [0.15, 0.2) is 0 Å². The molecule has 102 valence electrons. The maximum Gasteiger partial charge on any atom is 0.391 e. The lowest BCUT2D eigenvalue weighted by atomic mass is 9.76. The highest BCUT2D eigenvalue weighted by molar-refractivity contribution is 4.91. The summed E-state index contributed by atoms with van der Waals surface area (Å²) in [6.07, 6.45) is -0.417. The van der Waals surface area contributed by atoms with E-state index in [0.717, 1.165) is 19.3 Å². The van der Waals surface area contributed by atoms with E-state index in [1.165, 1.54) is 0 Å².